The fraction of sp³-hybridized carbons (Fsp3) is 1.00. The Morgan fingerprint density at radius 3 is 2.31 bits per heavy atom. The molecule has 3 fully saturated rings. The van der Waals surface area contributed by atoms with Crippen LogP contribution < -0.4 is 5.32 Å². The van der Waals surface area contributed by atoms with Crippen LogP contribution in [-0.4, -0.2) is 61.2 Å². The summed E-state index contributed by atoms with van der Waals surface area (Å²) >= 11 is 0. The van der Waals surface area contributed by atoms with Crippen LogP contribution in [0.15, 0.2) is 0 Å². The van der Waals surface area contributed by atoms with E-state index in [4.69, 9.17) is 0 Å². The standard InChI is InChI=1S/C13H25N3/c1-15-10-3-4-11(15)8-13(7-10)16(2)12-5-6-14-9-12/h10-14H,3-9H2,1-2H3/t10-,11-,12+/m0/s1. The molecule has 3 aliphatic rings. The molecule has 3 heterocycles. The molecule has 0 radical (unpaired) electrons. The van der Waals surface area contributed by atoms with E-state index in [-0.39, 0.29) is 0 Å². The van der Waals surface area contributed by atoms with Gasteiger partial charge in [-0.05, 0) is 52.7 Å². The first-order valence-corrected chi connectivity index (χ1v) is 6.90. The number of fused-ring (bicyclic) bond motifs is 2. The molecule has 3 heteroatoms. The van der Waals surface area contributed by atoms with Crippen molar-refractivity contribution in [1.82, 2.24) is 15.1 Å². The molecular formula is C13H25N3. The monoisotopic (exact) mass is 223 g/mol. The molecule has 3 nitrogen and oxygen atoms in total. The molecule has 3 aliphatic heterocycles. The van der Waals surface area contributed by atoms with Crippen molar-refractivity contribution in [2.75, 3.05) is 27.2 Å². The highest BCUT2D eigenvalue weighted by molar-refractivity contribution is 4.97. The van der Waals surface area contributed by atoms with Crippen LogP contribution in [0.3, 0.4) is 0 Å². The largest absolute Gasteiger partial charge is 0.315 e. The van der Waals surface area contributed by atoms with E-state index in [0.29, 0.717) is 0 Å². The Kier molecular flexibility index (Phi) is 2.94. The van der Waals surface area contributed by atoms with Crippen molar-refractivity contribution < 1.29 is 0 Å². The van der Waals surface area contributed by atoms with Crippen LogP contribution in [0.25, 0.3) is 0 Å². The first kappa shape index (κ1) is 11.0. The van der Waals surface area contributed by atoms with Gasteiger partial charge in [0.25, 0.3) is 0 Å². The number of nitrogens with one attached hydrogen (secondary N) is 1. The van der Waals surface area contributed by atoms with Crippen molar-refractivity contribution in [3.05, 3.63) is 0 Å². The molecule has 92 valence electrons. The first-order chi connectivity index (χ1) is 7.75. The maximum absolute atomic E-state index is 3.49. The predicted octanol–water partition coefficient (Wildman–Crippen LogP) is 0.905. The minimum absolute atomic E-state index is 0.799. The Bertz CT molecular complexity index is 236. The zero-order chi connectivity index (χ0) is 11.1. The van der Waals surface area contributed by atoms with Gasteiger partial charge in [-0.2, -0.15) is 0 Å². The van der Waals surface area contributed by atoms with E-state index in [1.54, 1.807) is 0 Å². The van der Waals surface area contributed by atoms with E-state index >= 15 is 0 Å². The Morgan fingerprint density at radius 2 is 1.75 bits per heavy atom. The molecule has 16 heavy (non-hydrogen) atoms. The molecule has 0 aromatic heterocycles. The summed E-state index contributed by atoms with van der Waals surface area (Å²) in [4.78, 5) is 5.32. The normalized spacial score (nSPS) is 44.4. The average Bonchev–Trinajstić information content (AvgIpc) is 2.85. The van der Waals surface area contributed by atoms with Gasteiger partial charge in [0.2, 0.25) is 0 Å². The third-order valence-electron chi connectivity index (χ3n) is 5.26. The molecule has 0 spiro atoms. The maximum atomic E-state index is 3.49. The van der Waals surface area contributed by atoms with E-state index in [1.807, 2.05) is 0 Å². The minimum atomic E-state index is 0.799. The second-order valence-corrected chi connectivity index (χ2v) is 5.99. The number of nitrogens with zero attached hydrogens (tertiary/aromatic N) is 2. The fourth-order valence-corrected chi connectivity index (χ4v) is 4.00. The number of rotatable bonds is 2. The van der Waals surface area contributed by atoms with Crippen molar-refractivity contribution in [3.63, 3.8) is 0 Å². The van der Waals surface area contributed by atoms with Gasteiger partial charge >= 0.3 is 0 Å². The van der Waals surface area contributed by atoms with E-state index in [1.165, 1.54) is 45.2 Å². The van der Waals surface area contributed by atoms with Crippen LogP contribution in [0.1, 0.15) is 32.1 Å². The molecule has 0 saturated carbocycles. The fourth-order valence-electron chi connectivity index (χ4n) is 4.00. The maximum Gasteiger partial charge on any atom is 0.0232 e. The molecule has 0 aromatic carbocycles. The van der Waals surface area contributed by atoms with Crippen LogP contribution >= 0.6 is 0 Å². The Labute approximate surface area is 99.2 Å². The van der Waals surface area contributed by atoms with Crippen LogP contribution in [0.4, 0.5) is 0 Å². The van der Waals surface area contributed by atoms with Gasteiger partial charge in [0.15, 0.2) is 0 Å². The van der Waals surface area contributed by atoms with Crippen LogP contribution in [0, 0.1) is 0 Å². The summed E-state index contributed by atoms with van der Waals surface area (Å²) in [7, 11) is 4.68. The predicted molar refractivity (Wildman–Crippen MR) is 66.6 cm³/mol. The van der Waals surface area contributed by atoms with Crippen molar-refractivity contribution in [2.24, 2.45) is 0 Å². The summed E-state index contributed by atoms with van der Waals surface area (Å²) in [6.07, 6.45) is 7.03. The second-order valence-electron chi connectivity index (χ2n) is 5.99. The highest BCUT2D eigenvalue weighted by Gasteiger charge is 2.40. The van der Waals surface area contributed by atoms with Crippen LogP contribution in [0.2, 0.25) is 0 Å². The lowest BCUT2D eigenvalue weighted by atomic mass is 9.95. The molecule has 0 unspecified atom stereocenters. The van der Waals surface area contributed by atoms with E-state index in [9.17, 15) is 0 Å². The quantitative estimate of drug-likeness (QED) is 0.750. The van der Waals surface area contributed by atoms with E-state index in [0.717, 1.165) is 24.2 Å². The summed E-state index contributed by atoms with van der Waals surface area (Å²) in [6, 6.07) is 3.40. The van der Waals surface area contributed by atoms with Crippen molar-refractivity contribution in [2.45, 2.75) is 56.3 Å². The van der Waals surface area contributed by atoms with Crippen molar-refractivity contribution >= 4 is 0 Å². The molecule has 3 rings (SSSR count). The third kappa shape index (κ3) is 1.79. The molecule has 0 aromatic rings. The van der Waals surface area contributed by atoms with Gasteiger partial charge in [-0.3, -0.25) is 4.90 Å². The molecule has 1 N–H and O–H groups in total. The Balaban J connectivity index is 1.63. The SMILES string of the molecule is CN(C1C[C@@H]2CC[C@@H](C1)N2C)[C@@H]1CCNC1. The van der Waals surface area contributed by atoms with Crippen molar-refractivity contribution in [1.29, 1.82) is 0 Å². The average molecular weight is 223 g/mol. The van der Waals surface area contributed by atoms with Gasteiger partial charge in [0, 0.05) is 30.7 Å². The summed E-state index contributed by atoms with van der Waals surface area (Å²) in [5.74, 6) is 0. The van der Waals surface area contributed by atoms with E-state index < -0.39 is 0 Å². The van der Waals surface area contributed by atoms with Gasteiger partial charge in [-0.1, -0.05) is 0 Å². The lowest BCUT2D eigenvalue weighted by Crippen LogP contribution is -2.51. The number of hydrogen-bond acceptors (Lipinski definition) is 3. The van der Waals surface area contributed by atoms with Gasteiger partial charge in [-0.15, -0.1) is 0 Å². The smallest absolute Gasteiger partial charge is 0.0232 e. The zero-order valence-electron chi connectivity index (χ0n) is 10.7. The van der Waals surface area contributed by atoms with Crippen LogP contribution in [-0.2, 0) is 0 Å². The second kappa shape index (κ2) is 4.28. The first-order valence-electron chi connectivity index (χ1n) is 6.90. The summed E-state index contributed by atoms with van der Waals surface area (Å²) in [5, 5.41) is 3.49. The highest BCUT2D eigenvalue weighted by Crippen LogP contribution is 2.36. The van der Waals surface area contributed by atoms with Gasteiger partial charge < -0.3 is 10.2 Å². The Hall–Kier alpha value is -0.120. The lowest BCUT2D eigenvalue weighted by Gasteiger charge is -2.42. The number of piperidine rings is 1. The van der Waals surface area contributed by atoms with Gasteiger partial charge in [0.05, 0.1) is 0 Å². The number of hydrogen-bond donors (Lipinski definition) is 1. The molecule has 0 aliphatic carbocycles. The summed E-state index contributed by atoms with van der Waals surface area (Å²) in [6.45, 7) is 2.42. The third-order valence-corrected chi connectivity index (χ3v) is 5.26. The molecule has 3 atom stereocenters. The topological polar surface area (TPSA) is 18.5 Å². The summed E-state index contributed by atoms with van der Waals surface area (Å²) < 4.78 is 0. The lowest BCUT2D eigenvalue weighted by molar-refractivity contribution is 0.0708. The molecular weight excluding hydrogens is 198 g/mol. The minimum Gasteiger partial charge on any atom is -0.315 e. The molecule has 2 bridgehead atoms. The van der Waals surface area contributed by atoms with Crippen molar-refractivity contribution in [3.8, 4) is 0 Å². The molecule has 3 saturated heterocycles. The van der Waals surface area contributed by atoms with E-state index in [2.05, 4.69) is 29.2 Å². The van der Waals surface area contributed by atoms with Gasteiger partial charge in [0.1, 0.15) is 0 Å². The highest BCUT2D eigenvalue weighted by atomic mass is 15.3. The number of likely N-dealkylation sites (N-methyl/N-ethyl adjacent to an activating group) is 1. The zero-order valence-corrected chi connectivity index (χ0v) is 10.7. The molecule has 0 amide bonds. The summed E-state index contributed by atoms with van der Waals surface area (Å²) in [5.41, 5.74) is 0. The van der Waals surface area contributed by atoms with Gasteiger partial charge in [-0.25, -0.2) is 0 Å². The Morgan fingerprint density at radius 1 is 1.06 bits per heavy atom. The van der Waals surface area contributed by atoms with Crippen LogP contribution in [0.5, 0.6) is 0 Å².